The number of nitrogen functional groups attached to an aromatic ring is 1. The van der Waals surface area contributed by atoms with Gasteiger partial charge in [0.05, 0.1) is 5.30 Å². The molecule has 1 aromatic heterocycles. The molecule has 2 aromatic carbocycles. The molecule has 3 rings (SSSR count). The zero-order valence-corrected chi connectivity index (χ0v) is 17.3. The van der Waals surface area contributed by atoms with Crippen LogP contribution in [-0.4, -0.2) is 25.0 Å². The number of ketones is 1. The van der Waals surface area contributed by atoms with E-state index in [0.717, 1.165) is 16.7 Å². The van der Waals surface area contributed by atoms with Crippen LogP contribution in [0.1, 0.15) is 11.1 Å². The molecule has 7 heteroatoms. The highest BCUT2D eigenvalue weighted by Crippen LogP contribution is 2.45. The van der Waals surface area contributed by atoms with Crippen LogP contribution in [0.3, 0.4) is 0 Å². The Hall–Kier alpha value is -2.79. The predicted molar refractivity (Wildman–Crippen MR) is 114 cm³/mol. The number of rotatable bonds is 8. The van der Waals surface area contributed by atoms with Gasteiger partial charge in [-0.3, -0.25) is 9.36 Å². The fourth-order valence-electron chi connectivity index (χ4n) is 3.05. The summed E-state index contributed by atoms with van der Waals surface area (Å²) >= 11 is 0. The monoisotopic (exact) mass is 410 g/mol. The molecule has 1 heterocycles. The number of aromatic nitrogens is 1. The topological polar surface area (TPSA) is 91.5 Å². The van der Waals surface area contributed by atoms with Crippen molar-refractivity contribution in [3.8, 4) is 11.1 Å². The Morgan fingerprint density at radius 1 is 0.966 bits per heavy atom. The molecule has 150 valence electrons. The molecule has 29 heavy (non-hydrogen) atoms. The van der Waals surface area contributed by atoms with Crippen LogP contribution in [0.4, 0.5) is 5.82 Å². The number of nitrogens with two attached hydrogens (primary N) is 1. The predicted octanol–water partition coefficient (Wildman–Crippen LogP) is 3.80. The van der Waals surface area contributed by atoms with Crippen LogP contribution in [0.15, 0.2) is 66.9 Å². The first kappa shape index (κ1) is 20.9. The summed E-state index contributed by atoms with van der Waals surface area (Å²) in [5.41, 5.74) is 9.36. The van der Waals surface area contributed by atoms with Gasteiger partial charge in [-0.25, -0.2) is 4.98 Å². The molecule has 0 saturated carbocycles. The molecule has 0 radical (unpaired) electrons. The van der Waals surface area contributed by atoms with Crippen LogP contribution >= 0.6 is 7.60 Å². The van der Waals surface area contributed by atoms with Gasteiger partial charge in [-0.05, 0) is 22.8 Å². The van der Waals surface area contributed by atoms with Gasteiger partial charge in [0.1, 0.15) is 11.6 Å². The minimum absolute atomic E-state index is 0.147. The Morgan fingerprint density at radius 3 is 2.14 bits per heavy atom. The van der Waals surface area contributed by atoms with Crippen molar-refractivity contribution in [3.63, 3.8) is 0 Å². The van der Waals surface area contributed by atoms with Crippen LogP contribution in [0, 0.1) is 0 Å². The van der Waals surface area contributed by atoms with E-state index in [4.69, 9.17) is 14.8 Å². The highest BCUT2D eigenvalue weighted by atomic mass is 31.2. The first-order valence-electron chi connectivity index (χ1n) is 9.07. The van der Waals surface area contributed by atoms with Crippen LogP contribution in [0.25, 0.3) is 11.1 Å². The van der Waals surface area contributed by atoms with E-state index in [0.29, 0.717) is 29.5 Å². The first-order chi connectivity index (χ1) is 13.9. The van der Waals surface area contributed by atoms with Crippen molar-refractivity contribution < 1.29 is 18.4 Å². The van der Waals surface area contributed by atoms with Gasteiger partial charge in [-0.15, -0.1) is 0 Å². The number of carbonyl (C=O) groups is 1. The van der Waals surface area contributed by atoms with E-state index in [2.05, 4.69) is 4.98 Å². The van der Waals surface area contributed by atoms with Crippen LogP contribution in [-0.2, 0) is 31.2 Å². The number of pyridine rings is 1. The molecule has 0 amide bonds. The second-order valence-electron chi connectivity index (χ2n) is 6.56. The summed E-state index contributed by atoms with van der Waals surface area (Å²) in [6, 6.07) is 18.8. The van der Waals surface area contributed by atoms with Crippen molar-refractivity contribution in [2.75, 3.05) is 20.0 Å². The lowest BCUT2D eigenvalue weighted by atomic mass is 10.00. The summed E-state index contributed by atoms with van der Waals surface area (Å²) < 4.78 is 22.7. The highest BCUT2D eigenvalue weighted by Gasteiger charge is 2.26. The van der Waals surface area contributed by atoms with Crippen molar-refractivity contribution in [3.05, 3.63) is 78.0 Å². The number of carbonyl (C=O) groups excluding carboxylic acids is 1. The number of Topliss-reactive ketones (excluding diaryl/α,β-unsaturated/α-hetero) is 1. The Labute approximate surface area is 170 Å². The first-order valence-corrected chi connectivity index (χ1v) is 10.6. The van der Waals surface area contributed by atoms with Gasteiger partial charge in [0, 0.05) is 38.8 Å². The quantitative estimate of drug-likeness (QED) is 0.568. The fraction of sp³-hybridized carbons (Fsp3) is 0.182. The molecule has 3 aromatic rings. The minimum atomic E-state index is -3.43. The number of hydrogen-bond acceptors (Lipinski definition) is 6. The fourth-order valence-corrected chi connectivity index (χ4v) is 4.10. The van der Waals surface area contributed by atoms with Crippen molar-refractivity contribution >= 4 is 24.5 Å². The second kappa shape index (κ2) is 9.14. The molecule has 0 spiro atoms. The molecule has 6 nitrogen and oxygen atoms in total. The van der Waals surface area contributed by atoms with Gasteiger partial charge in [-0.1, -0.05) is 54.6 Å². The van der Waals surface area contributed by atoms with Crippen molar-refractivity contribution in [1.82, 2.24) is 4.98 Å². The van der Waals surface area contributed by atoms with Crippen LogP contribution in [0.2, 0.25) is 0 Å². The summed E-state index contributed by atoms with van der Waals surface area (Å²) in [6.45, 7) is 0. The zero-order chi connectivity index (χ0) is 20.9. The van der Waals surface area contributed by atoms with Gasteiger partial charge in [0.15, 0.2) is 0 Å². The Kier molecular flexibility index (Phi) is 6.60. The van der Waals surface area contributed by atoms with Gasteiger partial charge < -0.3 is 14.8 Å². The summed E-state index contributed by atoms with van der Waals surface area (Å²) in [7, 11) is -0.783. The van der Waals surface area contributed by atoms with Gasteiger partial charge >= 0.3 is 7.60 Å². The highest BCUT2D eigenvalue weighted by molar-refractivity contribution is 7.62. The molecule has 0 unspecified atom stereocenters. The van der Waals surface area contributed by atoms with E-state index in [1.165, 1.54) is 20.4 Å². The maximum Gasteiger partial charge on any atom is 0.362 e. The maximum absolute atomic E-state index is 12.6. The Bertz CT molecular complexity index is 1030. The van der Waals surface area contributed by atoms with E-state index < -0.39 is 7.60 Å². The van der Waals surface area contributed by atoms with Gasteiger partial charge in [0.2, 0.25) is 0 Å². The Morgan fingerprint density at radius 2 is 1.55 bits per heavy atom. The maximum atomic E-state index is 12.6. The Balaban J connectivity index is 1.78. The molecular formula is C22H23N2O4P. The molecular weight excluding hydrogens is 387 g/mol. The van der Waals surface area contributed by atoms with Crippen molar-refractivity contribution in [2.24, 2.45) is 0 Å². The molecule has 0 aliphatic rings. The van der Waals surface area contributed by atoms with Crippen molar-refractivity contribution in [2.45, 2.75) is 12.8 Å². The average Bonchev–Trinajstić information content (AvgIpc) is 2.75. The molecule has 2 N–H and O–H groups in total. The summed E-state index contributed by atoms with van der Waals surface area (Å²) in [5.74, 6) is 0.452. The number of nitrogens with zero attached hydrogens (tertiary/aromatic N) is 1. The zero-order valence-electron chi connectivity index (χ0n) is 16.4. The molecule has 0 fully saturated rings. The molecule has 0 atom stereocenters. The van der Waals surface area contributed by atoms with E-state index in [1.54, 1.807) is 6.07 Å². The minimum Gasteiger partial charge on any atom is -0.383 e. The molecule has 0 aliphatic carbocycles. The average molecular weight is 410 g/mol. The second-order valence-corrected chi connectivity index (χ2v) is 8.81. The lowest BCUT2D eigenvalue weighted by Crippen LogP contribution is -2.11. The summed E-state index contributed by atoms with van der Waals surface area (Å²) in [6.07, 6.45) is 2.15. The number of benzene rings is 2. The van der Waals surface area contributed by atoms with E-state index in [1.807, 2.05) is 54.6 Å². The lowest BCUT2D eigenvalue weighted by molar-refractivity contribution is -0.117. The van der Waals surface area contributed by atoms with Gasteiger partial charge in [0.25, 0.3) is 0 Å². The summed E-state index contributed by atoms with van der Waals surface area (Å²) in [4.78, 5) is 16.4. The normalized spacial score (nSPS) is 11.4. The van der Waals surface area contributed by atoms with Crippen LogP contribution < -0.4 is 11.0 Å². The summed E-state index contributed by atoms with van der Waals surface area (Å²) in [5, 5.41) is 0.328. The van der Waals surface area contributed by atoms with E-state index >= 15 is 0 Å². The van der Waals surface area contributed by atoms with E-state index in [9.17, 15) is 9.36 Å². The number of hydrogen-bond donors (Lipinski definition) is 1. The molecule has 0 aliphatic heterocycles. The van der Waals surface area contributed by atoms with Gasteiger partial charge in [-0.2, -0.15) is 0 Å². The van der Waals surface area contributed by atoms with E-state index in [-0.39, 0.29) is 5.78 Å². The lowest BCUT2D eigenvalue weighted by Gasteiger charge is -2.15. The smallest absolute Gasteiger partial charge is 0.362 e. The number of anilines is 1. The van der Waals surface area contributed by atoms with Crippen molar-refractivity contribution in [1.29, 1.82) is 0 Å². The van der Waals surface area contributed by atoms with Crippen LogP contribution in [0.5, 0.6) is 0 Å². The third-order valence-corrected chi connectivity index (χ3v) is 6.45. The third-order valence-electron chi connectivity index (χ3n) is 4.61. The standard InChI is InChI=1S/C22H23N2O4P/c1-27-29(26,28-2)20-14-21(22(23)24-15-20)18-10-8-17(9-11-18)13-19(25)12-16-6-4-3-5-7-16/h3-11,14-15H,12-13H2,1-2H3,(H2,23,24). The third kappa shape index (κ3) is 4.98. The SMILES string of the molecule is COP(=O)(OC)c1cnc(N)c(-c2ccc(CC(=O)Cc3ccccc3)cc2)c1. The largest absolute Gasteiger partial charge is 0.383 e. The molecule has 0 bridgehead atoms. The molecule has 0 saturated heterocycles.